The van der Waals surface area contributed by atoms with Gasteiger partial charge in [-0.25, -0.2) is 0 Å². The highest BCUT2D eigenvalue weighted by molar-refractivity contribution is 6.36. The molecule has 0 saturated carbocycles. The first-order valence-electron chi connectivity index (χ1n) is 15.4. The standard InChI is InChI=1S/C37H40N2/c1-3-5-7-9-11-29(12-10-8-6-4-2)39-23-27-15-19-32-30-17-13-25-21-38-22-26-14-18-31(36(30)34(25)26)33-20-16-28(24-39)35(27)37(32)33/h13-23,29H,3-12,24H2,1-2H3. The molecule has 0 radical (unpaired) electrons. The van der Waals surface area contributed by atoms with Crippen LogP contribution in [-0.4, -0.2) is 15.9 Å². The van der Waals surface area contributed by atoms with Crippen molar-refractivity contribution in [3.8, 4) is 0 Å². The van der Waals surface area contributed by atoms with Crippen LogP contribution < -0.4 is 5.22 Å². The van der Waals surface area contributed by atoms with Crippen LogP contribution in [0.3, 0.4) is 0 Å². The SMILES string of the molecule is CCCCCCC(CCCCCC)N1C=c2ccc3c4ccc5cncc6ccc(c7ccc(c2c73)C1)c4c65. The number of hydrogen-bond acceptors (Lipinski definition) is 2. The molecule has 1 aromatic heterocycles. The van der Waals surface area contributed by atoms with Crippen LogP contribution in [0.5, 0.6) is 0 Å². The summed E-state index contributed by atoms with van der Waals surface area (Å²) in [5.41, 5.74) is 1.50. The lowest BCUT2D eigenvalue weighted by molar-refractivity contribution is 0.253. The van der Waals surface area contributed by atoms with Gasteiger partial charge in [0.1, 0.15) is 0 Å². The minimum absolute atomic E-state index is 0.643. The van der Waals surface area contributed by atoms with Gasteiger partial charge in [-0.2, -0.15) is 0 Å². The lowest BCUT2D eigenvalue weighted by atomic mass is 9.85. The van der Waals surface area contributed by atoms with Gasteiger partial charge in [0, 0.05) is 47.3 Å². The number of pyridine rings is 1. The van der Waals surface area contributed by atoms with Crippen molar-refractivity contribution in [2.24, 2.45) is 0 Å². The third kappa shape index (κ3) is 4.11. The third-order valence-electron chi connectivity index (χ3n) is 9.42. The zero-order valence-electron chi connectivity index (χ0n) is 23.6. The Morgan fingerprint density at radius 3 is 1.79 bits per heavy atom. The quantitative estimate of drug-likeness (QED) is 0.0975. The van der Waals surface area contributed by atoms with E-state index in [4.69, 9.17) is 0 Å². The van der Waals surface area contributed by atoms with Gasteiger partial charge in [0.2, 0.25) is 0 Å². The van der Waals surface area contributed by atoms with E-state index in [0.717, 1.165) is 6.54 Å². The highest BCUT2D eigenvalue weighted by Crippen LogP contribution is 2.43. The maximum Gasteiger partial charge on any atom is 0.0433 e. The number of unbranched alkanes of at least 4 members (excludes halogenated alkanes) is 6. The van der Waals surface area contributed by atoms with E-state index in [9.17, 15) is 0 Å². The van der Waals surface area contributed by atoms with E-state index in [2.05, 4.69) is 78.5 Å². The maximum absolute atomic E-state index is 4.49. The molecule has 0 amide bonds. The molecular weight excluding hydrogens is 472 g/mol. The maximum atomic E-state index is 4.49. The molecule has 0 aliphatic carbocycles. The summed E-state index contributed by atoms with van der Waals surface area (Å²) in [5.74, 6) is 0. The molecule has 1 aliphatic rings. The molecular formula is C37H40N2. The molecule has 0 saturated heterocycles. The predicted octanol–water partition coefficient (Wildman–Crippen LogP) is 9.87. The second kappa shape index (κ2) is 10.3. The van der Waals surface area contributed by atoms with Gasteiger partial charge in [0.25, 0.3) is 0 Å². The monoisotopic (exact) mass is 512 g/mol. The predicted molar refractivity (Wildman–Crippen MR) is 169 cm³/mol. The number of fused-ring (bicyclic) bond motifs is 2. The molecule has 0 spiro atoms. The molecule has 2 heteroatoms. The lowest BCUT2D eigenvalue weighted by Gasteiger charge is -2.34. The van der Waals surface area contributed by atoms with Crippen LogP contribution >= 0.6 is 0 Å². The van der Waals surface area contributed by atoms with Crippen LogP contribution in [0, 0.1) is 0 Å². The highest BCUT2D eigenvalue weighted by atomic mass is 15.1. The van der Waals surface area contributed by atoms with Crippen LogP contribution in [0.15, 0.2) is 60.9 Å². The van der Waals surface area contributed by atoms with Gasteiger partial charge < -0.3 is 4.90 Å². The Balaban J connectivity index is 1.36. The summed E-state index contributed by atoms with van der Waals surface area (Å²) in [6.07, 6.45) is 19.9. The molecule has 0 atom stereocenters. The summed E-state index contributed by atoms with van der Waals surface area (Å²) >= 11 is 0. The molecule has 2 nitrogen and oxygen atoms in total. The fourth-order valence-electron chi connectivity index (χ4n) is 7.44. The molecule has 5 aromatic carbocycles. The number of aromatic nitrogens is 1. The summed E-state index contributed by atoms with van der Waals surface area (Å²) < 4.78 is 0. The van der Waals surface area contributed by atoms with Crippen molar-refractivity contribution in [3.63, 3.8) is 0 Å². The Kier molecular flexibility index (Phi) is 6.51. The fourth-order valence-corrected chi connectivity index (χ4v) is 7.44. The van der Waals surface area contributed by atoms with Gasteiger partial charge in [0.15, 0.2) is 0 Å². The van der Waals surface area contributed by atoms with Gasteiger partial charge in [-0.05, 0) is 61.3 Å². The van der Waals surface area contributed by atoms with Crippen LogP contribution in [-0.2, 0) is 6.54 Å². The molecule has 0 fully saturated rings. The molecule has 39 heavy (non-hydrogen) atoms. The van der Waals surface area contributed by atoms with E-state index < -0.39 is 0 Å². The summed E-state index contributed by atoms with van der Waals surface area (Å²) in [7, 11) is 0. The molecule has 0 unspecified atom stereocenters. The van der Waals surface area contributed by atoms with E-state index in [1.165, 1.54) is 129 Å². The van der Waals surface area contributed by atoms with Gasteiger partial charge >= 0.3 is 0 Å². The first-order valence-corrected chi connectivity index (χ1v) is 15.4. The Morgan fingerprint density at radius 1 is 0.615 bits per heavy atom. The van der Waals surface area contributed by atoms with Crippen molar-refractivity contribution in [2.45, 2.75) is 90.6 Å². The summed E-state index contributed by atoms with van der Waals surface area (Å²) in [4.78, 5) is 7.19. The van der Waals surface area contributed by atoms with Crippen LogP contribution in [0.4, 0.5) is 0 Å². The largest absolute Gasteiger partial charge is 0.370 e. The molecule has 2 heterocycles. The highest BCUT2D eigenvalue weighted by Gasteiger charge is 2.23. The third-order valence-corrected chi connectivity index (χ3v) is 9.42. The Morgan fingerprint density at radius 2 is 1.18 bits per heavy atom. The van der Waals surface area contributed by atoms with Crippen LogP contribution in [0.1, 0.15) is 83.6 Å². The molecule has 7 rings (SSSR count). The van der Waals surface area contributed by atoms with E-state index in [1.807, 2.05) is 12.4 Å². The van der Waals surface area contributed by atoms with Crippen molar-refractivity contribution < 1.29 is 0 Å². The minimum atomic E-state index is 0.643. The smallest absolute Gasteiger partial charge is 0.0433 e. The van der Waals surface area contributed by atoms with E-state index >= 15 is 0 Å². The molecule has 198 valence electrons. The molecule has 1 aliphatic heterocycles. The van der Waals surface area contributed by atoms with E-state index in [0.29, 0.717) is 6.04 Å². The van der Waals surface area contributed by atoms with Crippen molar-refractivity contribution in [1.29, 1.82) is 0 Å². The van der Waals surface area contributed by atoms with Gasteiger partial charge in [-0.15, -0.1) is 0 Å². The summed E-state index contributed by atoms with van der Waals surface area (Å²) in [5, 5.41) is 15.1. The summed E-state index contributed by atoms with van der Waals surface area (Å²) in [6, 6.07) is 19.5. The minimum Gasteiger partial charge on any atom is -0.370 e. The zero-order chi connectivity index (χ0) is 26.3. The lowest BCUT2D eigenvalue weighted by Crippen LogP contribution is -2.35. The van der Waals surface area contributed by atoms with Gasteiger partial charge in [-0.3, -0.25) is 4.98 Å². The first-order chi connectivity index (χ1) is 19.3. The second-order valence-corrected chi connectivity index (χ2v) is 11.9. The fraction of sp³-hybridized carbons (Fsp3) is 0.378. The molecule has 6 aromatic rings. The number of benzene rings is 5. The van der Waals surface area contributed by atoms with E-state index in [-0.39, 0.29) is 0 Å². The molecule has 0 N–H and O–H groups in total. The average Bonchev–Trinajstić information content (AvgIpc) is 2.98. The second-order valence-electron chi connectivity index (χ2n) is 11.9. The van der Waals surface area contributed by atoms with Crippen molar-refractivity contribution in [3.05, 3.63) is 71.7 Å². The van der Waals surface area contributed by atoms with Gasteiger partial charge in [0.05, 0.1) is 0 Å². The average molecular weight is 513 g/mol. The van der Waals surface area contributed by atoms with E-state index in [1.54, 1.807) is 0 Å². The van der Waals surface area contributed by atoms with Crippen molar-refractivity contribution in [2.75, 3.05) is 0 Å². The van der Waals surface area contributed by atoms with Crippen LogP contribution in [0.25, 0.3) is 60.1 Å². The number of hydrogen-bond donors (Lipinski definition) is 0. The van der Waals surface area contributed by atoms with Crippen molar-refractivity contribution >= 4 is 60.1 Å². The first kappa shape index (κ1) is 24.6. The Bertz CT molecular complexity index is 1750. The van der Waals surface area contributed by atoms with Crippen molar-refractivity contribution in [1.82, 2.24) is 9.88 Å². The normalized spacial score (nSPS) is 13.7. The number of rotatable bonds is 11. The Hall–Kier alpha value is -3.39. The summed E-state index contributed by atoms with van der Waals surface area (Å²) in [6.45, 7) is 5.66. The zero-order valence-corrected chi connectivity index (χ0v) is 23.6. The number of nitrogens with zero attached hydrogens (tertiary/aromatic N) is 2. The Labute approximate surface area is 232 Å². The topological polar surface area (TPSA) is 16.1 Å². The van der Waals surface area contributed by atoms with Crippen LogP contribution in [0.2, 0.25) is 0 Å². The molecule has 0 bridgehead atoms. The van der Waals surface area contributed by atoms with Gasteiger partial charge in [-0.1, -0.05) is 114 Å².